The highest BCUT2D eigenvalue weighted by Gasteiger charge is 2.17. The summed E-state index contributed by atoms with van der Waals surface area (Å²) >= 11 is 1.27. The molecule has 1 aromatic heterocycles. The molecule has 0 aliphatic heterocycles. The summed E-state index contributed by atoms with van der Waals surface area (Å²) in [6, 6.07) is 0.775. The maximum Gasteiger partial charge on any atom is 0.405 e. The van der Waals surface area contributed by atoms with Crippen molar-refractivity contribution in [2.24, 2.45) is 0 Å². The highest BCUT2D eigenvalue weighted by molar-refractivity contribution is 7.16. The lowest BCUT2D eigenvalue weighted by Crippen LogP contribution is -2.40. The van der Waals surface area contributed by atoms with Gasteiger partial charge >= 0.3 is 6.09 Å². The third-order valence-electron chi connectivity index (χ3n) is 1.98. The van der Waals surface area contributed by atoms with Crippen LogP contribution in [0.5, 0.6) is 0 Å². The molecule has 0 aliphatic carbocycles. The van der Waals surface area contributed by atoms with Crippen LogP contribution in [0, 0.1) is 6.92 Å². The molecule has 2 amide bonds. The Labute approximate surface area is 102 Å². The SMILES string of the molecule is Cc1cc(C=O)c(NC(=O)C(C)NC(=O)O)s1. The second-order valence-electron chi connectivity index (χ2n) is 3.42. The van der Waals surface area contributed by atoms with E-state index >= 15 is 0 Å². The fraction of sp³-hybridized carbons (Fsp3) is 0.300. The van der Waals surface area contributed by atoms with Gasteiger partial charge in [0.05, 0.1) is 0 Å². The van der Waals surface area contributed by atoms with Gasteiger partial charge in [-0.15, -0.1) is 11.3 Å². The van der Waals surface area contributed by atoms with Gasteiger partial charge in [0.1, 0.15) is 11.0 Å². The lowest BCUT2D eigenvalue weighted by molar-refractivity contribution is -0.117. The molecule has 0 aliphatic rings. The molecule has 0 saturated carbocycles. The Balaban J connectivity index is 2.73. The van der Waals surface area contributed by atoms with Gasteiger partial charge in [0.2, 0.25) is 5.91 Å². The van der Waals surface area contributed by atoms with Crippen molar-refractivity contribution in [3.8, 4) is 0 Å². The zero-order chi connectivity index (χ0) is 13.0. The minimum absolute atomic E-state index is 0.392. The predicted molar refractivity (Wildman–Crippen MR) is 63.7 cm³/mol. The molecule has 17 heavy (non-hydrogen) atoms. The Morgan fingerprint density at radius 1 is 1.53 bits per heavy atom. The van der Waals surface area contributed by atoms with E-state index in [0.29, 0.717) is 16.9 Å². The third kappa shape index (κ3) is 3.56. The van der Waals surface area contributed by atoms with Crippen LogP contribution in [0.1, 0.15) is 22.2 Å². The number of hydrogen-bond acceptors (Lipinski definition) is 4. The minimum Gasteiger partial charge on any atom is -0.465 e. The van der Waals surface area contributed by atoms with Crippen molar-refractivity contribution in [2.75, 3.05) is 5.32 Å². The average Bonchev–Trinajstić information content (AvgIpc) is 2.57. The van der Waals surface area contributed by atoms with Crippen molar-refractivity contribution in [1.82, 2.24) is 5.32 Å². The number of carboxylic acid groups (broad SMARTS) is 1. The van der Waals surface area contributed by atoms with E-state index in [9.17, 15) is 14.4 Å². The second-order valence-corrected chi connectivity index (χ2v) is 4.68. The number of amides is 2. The topological polar surface area (TPSA) is 95.5 Å². The van der Waals surface area contributed by atoms with E-state index in [1.54, 1.807) is 6.07 Å². The third-order valence-corrected chi connectivity index (χ3v) is 2.96. The van der Waals surface area contributed by atoms with Gasteiger partial charge in [-0.2, -0.15) is 0 Å². The summed E-state index contributed by atoms with van der Waals surface area (Å²) in [6.07, 6.45) is -0.625. The molecule has 6 nitrogen and oxygen atoms in total. The van der Waals surface area contributed by atoms with Crippen LogP contribution in [-0.2, 0) is 4.79 Å². The molecule has 1 aromatic rings. The molecule has 92 valence electrons. The summed E-state index contributed by atoms with van der Waals surface area (Å²) in [7, 11) is 0. The fourth-order valence-corrected chi connectivity index (χ4v) is 2.07. The van der Waals surface area contributed by atoms with Crippen molar-refractivity contribution < 1.29 is 19.5 Å². The average molecular weight is 256 g/mol. The molecule has 7 heteroatoms. The number of hydrogen-bond donors (Lipinski definition) is 3. The van der Waals surface area contributed by atoms with E-state index in [2.05, 4.69) is 5.32 Å². The highest BCUT2D eigenvalue weighted by atomic mass is 32.1. The second kappa shape index (κ2) is 5.44. The van der Waals surface area contributed by atoms with E-state index in [4.69, 9.17) is 5.11 Å². The largest absolute Gasteiger partial charge is 0.465 e. The number of carbonyl (C=O) groups is 3. The first-order valence-corrected chi connectivity index (χ1v) is 5.61. The molecule has 3 N–H and O–H groups in total. The highest BCUT2D eigenvalue weighted by Crippen LogP contribution is 2.26. The van der Waals surface area contributed by atoms with Gasteiger partial charge in [0.25, 0.3) is 0 Å². The van der Waals surface area contributed by atoms with E-state index in [0.717, 1.165) is 4.88 Å². The van der Waals surface area contributed by atoms with Gasteiger partial charge in [-0.25, -0.2) is 4.79 Å². The first kappa shape index (κ1) is 13.2. The number of carbonyl (C=O) groups excluding carboxylic acids is 2. The Morgan fingerprint density at radius 3 is 2.71 bits per heavy atom. The molecular formula is C10H12N2O4S. The summed E-state index contributed by atoms with van der Waals surface area (Å²) in [4.78, 5) is 33.5. The Morgan fingerprint density at radius 2 is 2.18 bits per heavy atom. The maximum atomic E-state index is 11.6. The van der Waals surface area contributed by atoms with Crippen molar-refractivity contribution in [1.29, 1.82) is 0 Å². The smallest absolute Gasteiger partial charge is 0.405 e. The van der Waals surface area contributed by atoms with Crippen LogP contribution >= 0.6 is 11.3 Å². The van der Waals surface area contributed by atoms with Crippen molar-refractivity contribution in [2.45, 2.75) is 19.9 Å². The molecule has 0 saturated heterocycles. The molecule has 0 aromatic carbocycles. The van der Waals surface area contributed by atoms with Gasteiger partial charge in [-0.1, -0.05) is 0 Å². The Bertz CT molecular complexity index is 455. The van der Waals surface area contributed by atoms with E-state index in [-0.39, 0.29) is 0 Å². The normalized spacial score (nSPS) is 11.6. The molecule has 1 heterocycles. The zero-order valence-electron chi connectivity index (χ0n) is 9.31. The van der Waals surface area contributed by atoms with Crippen LogP contribution < -0.4 is 10.6 Å². The van der Waals surface area contributed by atoms with Crippen LogP contribution in [-0.4, -0.2) is 29.4 Å². The maximum absolute atomic E-state index is 11.6. The fourth-order valence-electron chi connectivity index (χ4n) is 1.19. The standard InChI is InChI=1S/C10H12N2O4S/c1-5-3-7(4-13)9(17-5)12-8(14)6(2)11-10(15)16/h3-4,6,11H,1-2H3,(H,12,14)(H,15,16). The van der Waals surface area contributed by atoms with Crippen LogP contribution in [0.4, 0.5) is 9.80 Å². The summed E-state index contributed by atoms with van der Waals surface area (Å²) in [5.74, 6) is -0.502. The lowest BCUT2D eigenvalue weighted by atomic mass is 10.3. The van der Waals surface area contributed by atoms with Gasteiger partial charge in [0, 0.05) is 10.4 Å². The molecule has 1 unspecified atom stereocenters. The molecule has 1 atom stereocenters. The number of thiophene rings is 1. The molecule has 0 fully saturated rings. The summed E-state index contributed by atoms with van der Waals surface area (Å²) in [6.45, 7) is 3.23. The van der Waals surface area contributed by atoms with Crippen molar-refractivity contribution in [3.05, 3.63) is 16.5 Å². The lowest BCUT2D eigenvalue weighted by Gasteiger charge is -2.10. The summed E-state index contributed by atoms with van der Waals surface area (Å²) in [5.41, 5.74) is 0.392. The number of anilines is 1. The number of nitrogens with one attached hydrogen (secondary N) is 2. The molecule has 0 bridgehead atoms. The minimum atomic E-state index is -1.27. The zero-order valence-corrected chi connectivity index (χ0v) is 10.1. The number of aryl methyl sites for hydroxylation is 1. The number of aldehydes is 1. The van der Waals surface area contributed by atoms with Crippen LogP contribution in [0.3, 0.4) is 0 Å². The molecule has 0 radical (unpaired) electrons. The van der Waals surface area contributed by atoms with Gasteiger partial charge in [-0.05, 0) is 19.9 Å². The van der Waals surface area contributed by atoms with Crippen LogP contribution in [0.15, 0.2) is 6.07 Å². The van der Waals surface area contributed by atoms with Crippen LogP contribution in [0.2, 0.25) is 0 Å². The Hall–Kier alpha value is -1.89. The first-order chi connectivity index (χ1) is 7.93. The first-order valence-electron chi connectivity index (χ1n) is 4.80. The van der Waals surface area contributed by atoms with Gasteiger partial charge < -0.3 is 15.7 Å². The molecule has 0 spiro atoms. The summed E-state index contributed by atoms with van der Waals surface area (Å²) in [5, 5.41) is 13.4. The van der Waals surface area contributed by atoms with Gasteiger partial charge in [-0.3, -0.25) is 9.59 Å². The molecular weight excluding hydrogens is 244 g/mol. The van der Waals surface area contributed by atoms with Gasteiger partial charge in [0.15, 0.2) is 6.29 Å². The van der Waals surface area contributed by atoms with Crippen molar-refractivity contribution >= 4 is 34.6 Å². The van der Waals surface area contributed by atoms with E-state index < -0.39 is 18.0 Å². The summed E-state index contributed by atoms with van der Waals surface area (Å²) < 4.78 is 0. The Kier molecular flexibility index (Phi) is 4.22. The van der Waals surface area contributed by atoms with Crippen LogP contribution in [0.25, 0.3) is 0 Å². The predicted octanol–water partition coefficient (Wildman–Crippen LogP) is 1.46. The molecule has 1 rings (SSSR count). The van der Waals surface area contributed by atoms with Crippen molar-refractivity contribution in [3.63, 3.8) is 0 Å². The van der Waals surface area contributed by atoms with E-state index in [1.807, 2.05) is 12.2 Å². The van der Waals surface area contributed by atoms with E-state index in [1.165, 1.54) is 18.3 Å². The monoisotopic (exact) mass is 256 g/mol. The number of rotatable bonds is 4. The quantitative estimate of drug-likeness (QED) is 0.711.